The Balaban J connectivity index is 2.14. The molecule has 0 saturated carbocycles. The standard InChI is InChI=1S/C18H22/c1-12-4-7-16-14(3)11-15-10-13(2)6-8-17(15)18(16)9-5-12/h5-6,8-10,12,14H,4,7,11H2,1-3H3. The van der Waals surface area contributed by atoms with E-state index >= 15 is 0 Å². The largest absolute Gasteiger partial charge is 0.0811 e. The fourth-order valence-corrected chi connectivity index (χ4v) is 3.36. The van der Waals surface area contributed by atoms with Gasteiger partial charge in [0.05, 0.1) is 0 Å². The zero-order valence-electron chi connectivity index (χ0n) is 11.7. The van der Waals surface area contributed by atoms with Gasteiger partial charge in [-0.2, -0.15) is 0 Å². The molecule has 3 rings (SSSR count). The Kier molecular flexibility index (Phi) is 2.89. The van der Waals surface area contributed by atoms with Gasteiger partial charge in [-0.25, -0.2) is 0 Å². The van der Waals surface area contributed by atoms with Gasteiger partial charge in [0, 0.05) is 0 Å². The quantitative estimate of drug-likeness (QED) is 0.601. The molecule has 0 spiro atoms. The van der Waals surface area contributed by atoms with Gasteiger partial charge < -0.3 is 0 Å². The first kappa shape index (κ1) is 11.8. The van der Waals surface area contributed by atoms with Gasteiger partial charge in [-0.3, -0.25) is 0 Å². The van der Waals surface area contributed by atoms with Crippen molar-refractivity contribution in [3.05, 3.63) is 52.6 Å². The zero-order chi connectivity index (χ0) is 12.7. The maximum absolute atomic E-state index is 2.39. The van der Waals surface area contributed by atoms with E-state index in [4.69, 9.17) is 0 Å². The number of hydrogen-bond donors (Lipinski definition) is 0. The van der Waals surface area contributed by atoms with Crippen molar-refractivity contribution in [1.29, 1.82) is 0 Å². The maximum Gasteiger partial charge on any atom is -0.0152 e. The molecule has 0 nitrogen and oxygen atoms in total. The molecule has 94 valence electrons. The molecule has 0 N–H and O–H groups in total. The number of benzene rings is 1. The number of fused-ring (bicyclic) bond motifs is 2. The van der Waals surface area contributed by atoms with Crippen LogP contribution in [0.1, 0.15) is 43.4 Å². The summed E-state index contributed by atoms with van der Waals surface area (Å²) in [7, 11) is 0. The second kappa shape index (κ2) is 4.42. The summed E-state index contributed by atoms with van der Waals surface area (Å²) >= 11 is 0. The Morgan fingerprint density at radius 1 is 1.17 bits per heavy atom. The highest BCUT2D eigenvalue weighted by Crippen LogP contribution is 2.40. The molecule has 0 heterocycles. The minimum Gasteiger partial charge on any atom is -0.0811 e. The topological polar surface area (TPSA) is 0 Å². The van der Waals surface area contributed by atoms with Crippen molar-refractivity contribution in [1.82, 2.24) is 0 Å². The second-order valence-corrected chi connectivity index (χ2v) is 6.08. The van der Waals surface area contributed by atoms with Crippen LogP contribution in [0.4, 0.5) is 0 Å². The van der Waals surface area contributed by atoms with Gasteiger partial charge in [0.2, 0.25) is 0 Å². The van der Waals surface area contributed by atoms with Crippen LogP contribution >= 0.6 is 0 Å². The molecule has 1 aromatic carbocycles. The molecule has 0 saturated heterocycles. The van der Waals surface area contributed by atoms with Crippen molar-refractivity contribution in [2.45, 2.75) is 40.0 Å². The highest BCUT2D eigenvalue weighted by atomic mass is 14.3. The summed E-state index contributed by atoms with van der Waals surface area (Å²) in [6, 6.07) is 6.95. The molecule has 0 heteroatoms. The van der Waals surface area contributed by atoms with E-state index in [0.29, 0.717) is 5.92 Å². The lowest BCUT2D eigenvalue weighted by Crippen LogP contribution is -2.13. The Morgan fingerprint density at radius 2 is 2.00 bits per heavy atom. The number of rotatable bonds is 0. The van der Waals surface area contributed by atoms with E-state index in [1.807, 2.05) is 0 Å². The van der Waals surface area contributed by atoms with Crippen LogP contribution in [0, 0.1) is 18.8 Å². The summed E-state index contributed by atoms with van der Waals surface area (Å²) in [4.78, 5) is 0. The highest BCUT2D eigenvalue weighted by molar-refractivity contribution is 5.81. The number of aryl methyl sites for hydroxylation is 1. The fraction of sp³-hybridized carbons (Fsp3) is 0.444. The Bertz CT molecular complexity index is 531. The molecule has 0 radical (unpaired) electrons. The van der Waals surface area contributed by atoms with Gasteiger partial charge in [0.1, 0.15) is 0 Å². The van der Waals surface area contributed by atoms with Crippen molar-refractivity contribution in [2.24, 2.45) is 11.8 Å². The summed E-state index contributed by atoms with van der Waals surface area (Å²) in [5.74, 6) is 1.43. The number of allylic oxidation sites excluding steroid dienone is 4. The molecular weight excluding hydrogens is 216 g/mol. The van der Waals surface area contributed by atoms with Gasteiger partial charge in [-0.15, -0.1) is 0 Å². The van der Waals surface area contributed by atoms with E-state index in [9.17, 15) is 0 Å². The highest BCUT2D eigenvalue weighted by Gasteiger charge is 2.24. The monoisotopic (exact) mass is 238 g/mol. The summed E-state index contributed by atoms with van der Waals surface area (Å²) in [5, 5.41) is 0. The molecule has 2 unspecified atom stereocenters. The normalized spacial score (nSPS) is 26.6. The molecule has 0 fully saturated rings. The summed E-state index contributed by atoms with van der Waals surface area (Å²) in [6.07, 6.45) is 8.58. The SMILES string of the molecule is Cc1ccc2c(c1)CC(C)C1=C2C=CC(C)CC1. The van der Waals surface area contributed by atoms with Crippen LogP contribution in [-0.2, 0) is 6.42 Å². The minimum absolute atomic E-state index is 0.712. The first-order valence-electron chi connectivity index (χ1n) is 7.16. The van der Waals surface area contributed by atoms with Crippen LogP contribution in [0.2, 0.25) is 0 Å². The van der Waals surface area contributed by atoms with Crippen molar-refractivity contribution in [2.75, 3.05) is 0 Å². The molecule has 0 amide bonds. The molecular formula is C18H22. The molecule has 2 atom stereocenters. The third kappa shape index (κ3) is 1.94. The van der Waals surface area contributed by atoms with Crippen LogP contribution in [0.25, 0.3) is 5.57 Å². The van der Waals surface area contributed by atoms with Crippen LogP contribution in [0.3, 0.4) is 0 Å². The van der Waals surface area contributed by atoms with E-state index in [1.165, 1.54) is 36.0 Å². The summed E-state index contributed by atoms with van der Waals surface area (Å²) < 4.78 is 0. The zero-order valence-corrected chi connectivity index (χ0v) is 11.7. The lowest BCUT2D eigenvalue weighted by atomic mass is 9.78. The molecule has 0 aromatic heterocycles. The van der Waals surface area contributed by atoms with Gasteiger partial charge in [0.15, 0.2) is 0 Å². The van der Waals surface area contributed by atoms with E-state index in [2.05, 4.69) is 51.1 Å². The van der Waals surface area contributed by atoms with E-state index in [1.54, 1.807) is 11.1 Å². The molecule has 0 aliphatic heterocycles. The van der Waals surface area contributed by atoms with E-state index < -0.39 is 0 Å². The average Bonchev–Trinajstić information content (AvgIpc) is 2.52. The molecule has 2 aliphatic carbocycles. The first-order chi connectivity index (χ1) is 8.65. The predicted molar refractivity (Wildman–Crippen MR) is 78.5 cm³/mol. The molecule has 2 aliphatic rings. The van der Waals surface area contributed by atoms with Crippen LogP contribution in [-0.4, -0.2) is 0 Å². The predicted octanol–water partition coefficient (Wildman–Crippen LogP) is 4.93. The fourth-order valence-electron chi connectivity index (χ4n) is 3.36. The van der Waals surface area contributed by atoms with Gasteiger partial charge in [0.25, 0.3) is 0 Å². The van der Waals surface area contributed by atoms with Crippen molar-refractivity contribution in [3.8, 4) is 0 Å². The van der Waals surface area contributed by atoms with E-state index in [-0.39, 0.29) is 0 Å². The third-order valence-electron chi connectivity index (χ3n) is 4.48. The van der Waals surface area contributed by atoms with Crippen LogP contribution in [0.5, 0.6) is 0 Å². The van der Waals surface area contributed by atoms with Crippen molar-refractivity contribution < 1.29 is 0 Å². The van der Waals surface area contributed by atoms with Crippen molar-refractivity contribution in [3.63, 3.8) is 0 Å². The Labute approximate surface area is 110 Å². The van der Waals surface area contributed by atoms with Crippen LogP contribution in [0.15, 0.2) is 35.9 Å². The van der Waals surface area contributed by atoms with Crippen LogP contribution < -0.4 is 0 Å². The number of hydrogen-bond acceptors (Lipinski definition) is 0. The Morgan fingerprint density at radius 3 is 2.83 bits per heavy atom. The molecule has 18 heavy (non-hydrogen) atoms. The van der Waals surface area contributed by atoms with E-state index in [0.717, 1.165) is 5.92 Å². The first-order valence-corrected chi connectivity index (χ1v) is 7.16. The smallest absolute Gasteiger partial charge is 0.0152 e. The lowest BCUT2D eigenvalue weighted by molar-refractivity contribution is 0.581. The molecule has 0 bridgehead atoms. The minimum atomic E-state index is 0.712. The third-order valence-corrected chi connectivity index (χ3v) is 4.48. The van der Waals surface area contributed by atoms with Gasteiger partial charge >= 0.3 is 0 Å². The maximum atomic E-state index is 2.39. The van der Waals surface area contributed by atoms with Gasteiger partial charge in [-0.1, -0.05) is 55.3 Å². The molecule has 1 aromatic rings. The second-order valence-electron chi connectivity index (χ2n) is 6.08. The van der Waals surface area contributed by atoms with Crippen molar-refractivity contribution >= 4 is 5.57 Å². The Hall–Kier alpha value is -1.30. The van der Waals surface area contributed by atoms with Gasteiger partial charge in [-0.05, 0) is 54.7 Å². The summed E-state index contributed by atoms with van der Waals surface area (Å²) in [5.41, 5.74) is 7.62. The average molecular weight is 238 g/mol. The summed E-state index contributed by atoms with van der Waals surface area (Å²) in [6.45, 7) is 6.92. The lowest BCUT2D eigenvalue weighted by Gasteiger charge is -2.27.